The summed E-state index contributed by atoms with van der Waals surface area (Å²) in [4.78, 5) is 21.4. The van der Waals surface area contributed by atoms with Crippen LogP contribution in [0.5, 0.6) is 0 Å². The highest BCUT2D eigenvalue weighted by molar-refractivity contribution is 6.31. The van der Waals surface area contributed by atoms with E-state index in [-0.39, 0.29) is 5.69 Å². The van der Waals surface area contributed by atoms with E-state index >= 15 is 0 Å². The first-order valence-corrected chi connectivity index (χ1v) is 10.6. The van der Waals surface area contributed by atoms with E-state index in [1.54, 1.807) is 24.3 Å². The van der Waals surface area contributed by atoms with Gasteiger partial charge in [0.25, 0.3) is 0 Å². The van der Waals surface area contributed by atoms with Crippen molar-refractivity contribution in [1.29, 1.82) is 0 Å². The monoisotopic (exact) mass is 438 g/mol. The van der Waals surface area contributed by atoms with Gasteiger partial charge in [-0.3, -0.25) is 0 Å². The van der Waals surface area contributed by atoms with Crippen molar-refractivity contribution in [3.8, 4) is 22.5 Å². The molecule has 6 heteroatoms. The molecule has 0 atom stereocenters. The van der Waals surface area contributed by atoms with Crippen molar-refractivity contribution in [2.24, 2.45) is 0 Å². The van der Waals surface area contributed by atoms with E-state index in [9.17, 15) is 9.90 Å². The third-order valence-electron chi connectivity index (χ3n) is 5.20. The molecule has 3 aromatic rings. The maximum atomic E-state index is 12.0. The van der Waals surface area contributed by atoms with Gasteiger partial charge in [0.1, 0.15) is 0 Å². The van der Waals surface area contributed by atoms with Crippen LogP contribution in [0.1, 0.15) is 48.3 Å². The molecule has 1 aliphatic carbocycles. The normalized spacial score (nSPS) is 13.9. The Labute approximate surface area is 185 Å². The van der Waals surface area contributed by atoms with Gasteiger partial charge >= 0.3 is 5.97 Å². The Bertz CT molecular complexity index is 1100. The highest BCUT2D eigenvalue weighted by Gasteiger charge is 2.20. The lowest BCUT2D eigenvalue weighted by atomic mass is 9.94. The number of carboxylic acids is 1. The number of halogens is 2. The molecule has 152 valence electrons. The fraction of sp³-hybridized carbons (Fsp3) is 0.208. The van der Waals surface area contributed by atoms with Crippen LogP contribution in [0.3, 0.4) is 0 Å². The lowest BCUT2D eigenvalue weighted by Gasteiger charge is -2.15. The molecule has 0 spiro atoms. The second-order valence-corrected chi connectivity index (χ2v) is 8.21. The number of benzene rings is 2. The smallest absolute Gasteiger partial charge is 0.356 e. The molecule has 0 amide bonds. The zero-order valence-corrected chi connectivity index (χ0v) is 17.7. The van der Waals surface area contributed by atoms with Crippen LogP contribution in [0.4, 0.5) is 0 Å². The number of aromatic nitrogens is 2. The summed E-state index contributed by atoms with van der Waals surface area (Å²) in [6, 6.07) is 14.4. The molecule has 1 aliphatic rings. The lowest BCUT2D eigenvalue weighted by Crippen LogP contribution is -2.09. The average Bonchev–Trinajstić information content (AvgIpc) is 2.75. The minimum absolute atomic E-state index is 0.0456. The summed E-state index contributed by atoms with van der Waals surface area (Å²) in [6.45, 7) is 0. The van der Waals surface area contributed by atoms with E-state index in [1.165, 1.54) is 12.0 Å². The zero-order valence-electron chi connectivity index (χ0n) is 16.2. The van der Waals surface area contributed by atoms with Crippen molar-refractivity contribution in [3.05, 3.63) is 75.5 Å². The van der Waals surface area contributed by atoms with Gasteiger partial charge in [-0.2, -0.15) is 0 Å². The summed E-state index contributed by atoms with van der Waals surface area (Å²) in [5.74, 6) is -1.09. The van der Waals surface area contributed by atoms with Gasteiger partial charge in [0.05, 0.1) is 17.1 Å². The van der Waals surface area contributed by atoms with Crippen molar-refractivity contribution >= 4 is 35.2 Å². The highest BCUT2D eigenvalue weighted by atomic mass is 35.5. The maximum absolute atomic E-state index is 12.0. The topological polar surface area (TPSA) is 63.1 Å². The van der Waals surface area contributed by atoms with Crippen molar-refractivity contribution in [1.82, 2.24) is 9.97 Å². The molecular formula is C24H20Cl2N2O2. The van der Waals surface area contributed by atoms with Gasteiger partial charge in [0.15, 0.2) is 5.69 Å². The molecule has 1 heterocycles. The number of hydrogen-bond donors (Lipinski definition) is 1. The third-order valence-corrected chi connectivity index (χ3v) is 5.70. The summed E-state index contributed by atoms with van der Waals surface area (Å²) >= 11 is 12.1. The quantitative estimate of drug-likeness (QED) is 0.468. The molecule has 0 radical (unpaired) electrons. The van der Waals surface area contributed by atoms with Crippen LogP contribution in [-0.2, 0) is 0 Å². The molecule has 4 rings (SSSR count). The molecule has 4 nitrogen and oxygen atoms in total. The lowest BCUT2D eigenvalue weighted by molar-refractivity contribution is 0.0690. The van der Waals surface area contributed by atoms with Gasteiger partial charge in [-0.1, -0.05) is 59.5 Å². The summed E-state index contributed by atoms with van der Waals surface area (Å²) in [6.07, 6.45) is 7.29. The summed E-state index contributed by atoms with van der Waals surface area (Å²) in [7, 11) is 0. The average molecular weight is 439 g/mol. The molecule has 30 heavy (non-hydrogen) atoms. The fourth-order valence-electron chi connectivity index (χ4n) is 3.67. The predicted molar refractivity (Wildman–Crippen MR) is 121 cm³/mol. The fourth-order valence-corrected chi connectivity index (χ4v) is 3.92. The Morgan fingerprint density at radius 3 is 1.80 bits per heavy atom. The predicted octanol–water partition coefficient (Wildman–Crippen LogP) is 7.16. The van der Waals surface area contributed by atoms with E-state index in [0.29, 0.717) is 27.1 Å². The molecule has 1 fully saturated rings. The highest BCUT2D eigenvalue weighted by Crippen LogP contribution is 2.33. The largest absolute Gasteiger partial charge is 0.476 e. The van der Waals surface area contributed by atoms with Crippen molar-refractivity contribution < 1.29 is 9.90 Å². The molecule has 1 N–H and O–H groups in total. The van der Waals surface area contributed by atoms with Crippen LogP contribution in [0.15, 0.2) is 54.1 Å². The van der Waals surface area contributed by atoms with Crippen LogP contribution in [0.2, 0.25) is 10.0 Å². The Hall–Kier alpha value is -2.69. The van der Waals surface area contributed by atoms with Gasteiger partial charge in [-0.15, -0.1) is 0 Å². The number of allylic oxidation sites excluding steroid dienone is 1. The number of carbonyl (C=O) groups is 1. The molecule has 0 aliphatic heterocycles. The van der Waals surface area contributed by atoms with E-state index < -0.39 is 5.97 Å². The molecule has 1 aromatic heterocycles. The van der Waals surface area contributed by atoms with E-state index in [4.69, 9.17) is 28.2 Å². The summed E-state index contributed by atoms with van der Waals surface area (Å²) < 4.78 is 0. The second kappa shape index (κ2) is 8.99. The Morgan fingerprint density at radius 1 is 0.800 bits per heavy atom. The number of hydrogen-bond acceptors (Lipinski definition) is 3. The maximum Gasteiger partial charge on any atom is 0.356 e. The molecule has 0 bridgehead atoms. The third kappa shape index (κ3) is 4.55. The number of rotatable bonds is 4. The van der Waals surface area contributed by atoms with Crippen LogP contribution >= 0.6 is 23.2 Å². The van der Waals surface area contributed by atoms with Crippen LogP contribution in [-0.4, -0.2) is 21.0 Å². The molecule has 2 aromatic carbocycles. The van der Waals surface area contributed by atoms with Gasteiger partial charge < -0.3 is 5.11 Å². The van der Waals surface area contributed by atoms with Crippen molar-refractivity contribution in [3.63, 3.8) is 0 Å². The zero-order chi connectivity index (χ0) is 21.1. The van der Waals surface area contributed by atoms with Crippen molar-refractivity contribution in [2.45, 2.75) is 32.1 Å². The second-order valence-electron chi connectivity index (χ2n) is 7.34. The molecule has 0 unspecified atom stereocenters. The van der Waals surface area contributed by atoms with Gasteiger partial charge in [-0.25, -0.2) is 14.8 Å². The number of nitrogens with zero attached hydrogens (tertiary/aromatic N) is 2. The van der Waals surface area contributed by atoms with Gasteiger partial charge in [0, 0.05) is 21.2 Å². The number of carboxylic acid groups (broad SMARTS) is 1. The first kappa shape index (κ1) is 20.6. The van der Waals surface area contributed by atoms with Crippen LogP contribution < -0.4 is 0 Å². The van der Waals surface area contributed by atoms with Crippen molar-refractivity contribution in [2.75, 3.05) is 0 Å². The standard InChI is InChI=1S/C24H20Cl2N2O2/c25-18-10-6-16(7-11-18)21-22(17-8-12-19(26)13-9-17)28-23(24(29)30)20(27-21)14-15-4-2-1-3-5-15/h6-14H,1-5H2,(H,29,30). The minimum Gasteiger partial charge on any atom is -0.476 e. The Balaban J connectivity index is 1.93. The molecule has 1 saturated carbocycles. The summed E-state index contributed by atoms with van der Waals surface area (Å²) in [5, 5.41) is 11.0. The molecule has 0 saturated heterocycles. The summed E-state index contributed by atoms with van der Waals surface area (Å²) in [5.41, 5.74) is 4.24. The number of aromatic carboxylic acids is 1. The molecular weight excluding hydrogens is 419 g/mol. The Morgan fingerprint density at radius 2 is 1.30 bits per heavy atom. The van der Waals surface area contributed by atoms with E-state index in [2.05, 4.69) is 4.98 Å². The van der Waals surface area contributed by atoms with E-state index in [1.807, 2.05) is 30.3 Å². The first-order valence-electron chi connectivity index (χ1n) is 9.88. The minimum atomic E-state index is -1.09. The van der Waals surface area contributed by atoms with E-state index in [0.717, 1.165) is 36.8 Å². The van der Waals surface area contributed by atoms with Gasteiger partial charge in [-0.05, 0) is 56.0 Å². The SMILES string of the molecule is O=C(O)c1nc(-c2ccc(Cl)cc2)c(-c2ccc(Cl)cc2)nc1C=C1CCCCC1. The van der Waals surface area contributed by atoms with Gasteiger partial charge in [0.2, 0.25) is 0 Å². The van der Waals surface area contributed by atoms with Crippen LogP contribution in [0, 0.1) is 0 Å². The first-order chi connectivity index (χ1) is 14.5. The van der Waals surface area contributed by atoms with Crippen LogP contribution in [0.25, 0.3) is 28.6 Å². The Kier molecular flexibility index (Phi) is 6.16.